The number of nitrogens with zero attached hydrogens (tertiary/aromatic N) is 1. The van der Waals surface area contributed by atoms with E-state index in [1.807, 2.05) is 0 Å². The average molecular weight is 231 g/mol. The first-order valence-electron chi connectivity index (χ1n) is 4.24. The molecule has 84 valence electrons. The van der Waals surface area contributed by atoms with Crippen LogP contribution in [0.1, 0.15) is 5.56 Å². The number of aromatic nitrogens is 1. The Bertz CT molecular complexity index is 490. The number of alkyl halides is 3. The minimum atomic E-state index is -4.59. The van der Waals surface area contributed by atoms with Crippen LogP contribution in [0.25, 0.3) is 11.5 Å². The fraction of sp³-hybridized carbons (Fsp3) is 0.100. The van der Waals surface area contributed by atoms with Gasteiger partial charge < -0.3 is 4.42 Å². The third-order valence-corrected chi connectivity index (χ3v) is 1.90. The van der Waals surface area contributed by atoms with Gasteiger partial charge in [-0.2, -0.15) is 13.2 Å². The molecule has 0 bridgehead atoms. The van der Waals surface area contributed by atoms with Crippen LogP contribution in [0.15, 0.2) is 35.1 Å². The second-order valence-corrected chi connectivity index (χ2v) is 3.06. The van der Waals surface area contributed by atoms with Crippen molar-refractivity contribution in [1.29, 1.82) is 0 Å². The van der Waals surface area contributed by atoms with E-state index >= 15 is 0 Å². The molecule has 0 saturated heterocycles. The molecule has 0 unspecified atom stereocenters. The Hall–Kier alpha value is -1.85. The molecule has 1 heterocycles. The van der Waals surface area contributed by atoms with Gasteiger partial charge in [0, 0.05) is 5.56 Å². The molecular formula is C10H5F4NO. The summed E-state index contributed by atoms with van der Waals surface area (Å²) in [6, 6.07) is 2.14. The SMILES string of the molecule is Fc1cc(-c2ncco2)cc(C(F)(F)F)c1. The highest BCUT2D eigenvalue weighted by molar-refractivity contribution is 5.54. The van der Waals surface area contributed by atoms with E-state index in [0.29, 0.717) is 6.07 Å². The summed E-state index contributed by atoms with van der Waals surface area (Å²) >= 11 is 0. The fourth-order valence-electron chi connectivity index (χ4n) is 1.24. The maximum atomic E-state index is 13.0. The normalized spacial score (nSPS) is 11.8. The lowest BCUT2D eigenvalue weighted by Gasteiger charge is -2.07. The number of halogens is 4. The van der Waals surface area contributed by atoms with E-state index in [1.165, 1.54) is 12.5 Å². The monoisotopic (exact) mass is 231 g/mol. The van der Waals surface area contributed by atoms with Gasteiger partial charge in [0.2, 0.25) is 5.89 Å². The van der Waals surface area contributed by atoms with Crippen molar-refractivity contribution in [3.8, 4) is 11.5 Å². The number of hydrogen-bond donors (Lipinski definition) is 0. The lowest BCUT2D eigenvalue weighted by atomic mass is 10.1. The molecule has 0 aliphatic rings. The lowest BCUT2D eigenvalue weighted by Crippen LogP contribution is -2.05. The van der Waals surface area contributed by atoms with Crippen LogP contribution in [0, 0.1) is 5.82 Å². The molecule has 0 saturated carbocycles. The maximum absolute atomic E-state index is 13.0. The van der Waals surface area contributed by atoms with Crippen LogP contribution in [0.2, 0.25) is 0 Å². The van der Waals surface area contributed by atoms with Crippen molar-refractivity contribution < 1.29 is 22.0 Å². The molecule has 2 rings (SSSR count). The van der Waals surface area contributed by atoms with Gasteiger partial charge in [0.1, 0.15) is 12.1 Å². The number of oxazole rings is 1. The predicted molar refractivity (Wildman–Crippen MR) is 46.9 cm³/mol. The van der Waals surface area contributed by atoms with Crippen LogP contribution >= 0.6 is 0 Å². The van der Waals surface area contributed by atoms with Gasteiger partial charge in [0.05, 0.1) is 11.8 Å². The van der Waals surface area contributed by atoms with Crippen LogP contribution in [-0.2, 0) is 6.18 Å². The molecular weight excluding hydrogens is 226 g/mol. The molecule has 0 aliphatic carbocycles. The van der Waals surface area contributed by atoms with Crippen molar-refractivity contribution in [3.63, 3.8) is 0 Å². The van der Waals surface area contributed by atoms with Gasteiger partial charge in [-0.3, -0.25) is 0 Å². The van der Waals surface area contributed by atoms with Gasteiger partial charge in [-0.05, 0) is 18.2 Å². The Balaban J connectivity index is 2.53. The summed E-state index contributed by atoms with van der Waals surface area (Å²) in [7, 11) is 0. The highest BCUT2D eigenvalue weighted by Gasteiger charge is 2.31. The number of benzene rings is 1. The summed E-state index contributed by atoms with van der Waals surface area (Å²) < 4.78 is 54.9. The Morgan fingerprint density at radius 1 is 1.12 bits per heavy atom. The largest absolute Gasteiger partial charge is 0.445 e. The summed E-state index contributed by atoms with van der Waals surface area (Å²) in [5.41, 5.74) is -1.11. The van der Waals surface area contributed by atoms with Crippen LogP contribution in [-0.4, -0.2) is 4.98 Å². The van der Waals surface area contributed by atoms with Crippen molar-refractivity contribution in [1.82, 2.24) is 4.98 Å². The van der Waals surface area contributed by atoms with Crippen molar-refractivity contribution >= 4 is 0 Å². The molecule has 1 aromatic heterocycles. The van der Waals surface area contributed by atoms with E-state index in [2.05, 4.69) is 4.98 Å². The Kier molecular flexibility index (Phi) is 2.41. The molecule has 6 heteroatoms. The minimum Gasteiger partial charge on any atom is -0.445 e. The molecule has 0 atom stereocenters. The molecule has 0 N–H and O–H groups in total. The molecule has 1 aromatic carbocycles. The van der Waals surface area contributed by atoms with E-state index in [4.69, 9.17) is 4.42 Å². The van der Waals surface area contributed by atoms with Gasteiger partial charge in [-0.1, -0.05) is 0 Å². The van der Waals surface area contributed by atoms with Crippen LogP contribution in [0.3, 0.4) is 0 Å². The lowest BCUT2D eigenvalue weighted by molar-refractivity contribution is -0.137. The van der Waals surface area contributed by atoms with Crippen LogP contribution in [0.4, 0.5) is 17.6 Å². The van der Waals surface area contributed by atoms with E-state index in [9.17, 15) is 17.6 Å². The standard InChI is InChI=1S/C10H5F4NO/c11-8-4-6(9-15-1-2-16-9)3-7(5-8)10(12,13)14/h1-5H. The Labute approximate surface area is 87.5 Å². The summed E-state index contributed by atoms with van der Waals surface area (Å²) in [5.74, 6) is -1.03. The highest BCUT2D eigenvalue weighted by atomic mass is 19.4. The van der Waals surface area contributed by atoms with Crippen molar-refractivity contribution in [2.75, 3.05) is 0 Å². The quantitative estimate of drug-likeness (QED) is 0.702. The van der Waals surface area contributed by atoms with E-state index < -0.39 is 17.6 Å². The minimum absolute atomic E-state index is 0.0441. The Morgan fingerprint density at radius 2 is 1.88 bits per heavy atom. The first kappa shape index (κ1) is 10.7. The fourth-order valence-corrected chi connectivity index (χ4v) is 1.24. The van der Waals surface area contributed by atoms with Gasteiger partial charge in [-0.15, -0.1) is 0 Å². The first-order valence-corrected chi connectivity index (χ1v) is 4.24. The smallest absolute Gasteiger partial charge is 0.416 e. The van der Waals surface area contributed by atoms with Crippen molar-refractivity contribution in [3.05, 3.63) is 42.0 Å². The summed E-state index contributed by atoms with van der Waals surface area (Å²) in [6.07, 6.45) is -2.12. The molecule has 0 spiro atoms. The highest BCUT2D eigenvalue weighted by Crippen LogP contribution is 2.32. The van der Waals surface area contributed by atoms with Gasteiger partial charge in [0.25, 0.3) is 0 Å². The summed E-state index contributed by atoms with van der Waals surface area (Å²) in [5, 5.41) is 0. The first-order chi connectivity index (χ1) is 7.47. The van der Waals surface area contributed by atoms with E-state index in [1.54, 1.807) is 0 Å². The third-order valence-electron chi connectivity index (χ3n) is 1.90. The third kappa shape index (κ3) is 2.05. The zero-order valence-electron chi connectivity index (χ0n) is 7.75. The molecule has 2 nitrogen and oxygen atoms in total. The van der Waals surface area contributed by atoms with Gasteiger partial charge >= 0.3 is 6.18 Å². The molecule has 0 fully saturated rings. The molecule has 0 aliphatic heterocycles. The summed E-state index contributed by atoms with van der Waals surface area (Å²) in [4.78, 5) is 3.65. The zero-order chi connectivity index (χ0) is 11.8. The maximum Gasteiger partial charge on any atom is 0.416 e. The Morgan fingerprint density at radius 3 is 2.44 bits per heavy atom. The van der Waals surface area contributed by atoms with Crippen molar-refractivity contribution in [2.24, 2.45) is 0 Å². The number of hydrogen-bond acceptors (Lipinski definition) is 2. The predicted octanol–water partition coefficient (Wildman–Crippen LogP) is 3.50. The number of rotatable bonds is 1. The molecule has 2 aromatic rings. The molecule has 0 radical (unpaired) electrons. The van der Waals surface area contributed by atoms with E-state index in [-0.39, 0.29) is 11.5 Å². The van der Waals surface area contributed by atoms with Gasteiger partial charge in [-0.25, -0.2) is 9.37 Å². The average Bonchev–Trinajstić information content (AvgIpc) is 2.68. The molecule has 16 heavy (non-hydrogen) atoms. The zero-order valence-corrected chi connectivity index (χ0v) is 7.75. The van der Waals surface area contributed by atoms with Crippen LogP contribution < -0.4 is 0 Å². The van der Waals surface area contributed by atoms with Gasteiger partial charge in [0.15, 0.2) is 0 Å². The second-order valence-electron chi connectivity index (χ2n) is 3.06. The topological polar surface area (TPSA) is 26.0 Å². The van der Waals surface area contributed by atoms with Crippen LogP contribution in [0.5, 0.6) is 0 Å². The molecule has 0 amide bonds. The van der Waals surface area contributed by atoms with E-state index in [0.717, 1.165) is 12.1 Å². The summed E-state index contributed by atoms with van der Waals surface area (Å²) in [6.45, 7) is 0. The van der Waals surface area contributed by atoms with Crippen molar-refractivity contribution in [2.45, 2.75) is 6.18 Å². The second kappa shape index (κ2) is 3.62.